The molecule has 0 saturated heterocycles. The molecule has 2 amide bonds. The van der Waals surface area contributed by atoms with Crippen LogP contribution in [0.5, 0.6) is 0 Å². The maximum Gasteiger partial charge on any atom is 0.229 e. The molecule has 0 atom stereocenters. The van der Waals surface area contributed by atoms with Crippen LogP contribution in [0.15, 0.2) is 24.3 Å². The molecule has 1 aromatic rings. The molecule has 0 aliphatic carbocycles. The molecule has 110 valence electrons. The molecule has 1 aromatic carbocycles. The third-order valence-electron chi connectivity index (χ3n) is 2.67. The number of carbonyl (C=O) groups is 2. The molecule has 0 aliphatic heterocycles. The van der Waals surface area contributed by atoms with Crippen LogP contribution in [0.1, 0.15) is 25.7 Å². The lowest BCUT2D eigenvalue weighted by atomic mass is 10.2. The van der Waals surface area contributed by atoms with Crippen molar-refractivity contribution >= 4 is 30.1 Å². The molecular formula is C14H19FN2O2S. The molecule has 0 aromatic heterocycles. The topological polar surface area (TPSA) is 58.2 Å². The summed E-state index contributed by atoms with van der Waals surface area (Å²) in [5.41, 5.74) is 0.595. The second-order valence-corrected chi connectivity index (χ2v) is 4.69. The Balaban J connectivity index is 2.08. The molecule has 0 aliphatic rings. The van der Waals surface area contributed by atoms with E-state index in [1.54, 1.807) is 0 Å². The number of nitrogens with one attached hydrogen (secondary N) is 2. The number of thiol groups is 1. The van der Waals surface area contributed by atoms with Crippen molar-refractivity contribution in [2.24, 2.45) is 0 Å². The fraction of sp³-hybridized carbons (Fsp3) is 0.429. The average Bonchev–Trinajstić information content (AvgIpc) is 2.44. The molecule has 0 bridgehead atoms. The van der Waals surface area contributed by atoms with Crippen LogP contribution >= 0.6 is 12.6 Å². The number of carbonyl (C=O) groups excluding carboxylic acids is 2. The van der Waals surface area contributed by atoms with E-state index in [0.717, 1.165) is 19.3 Å². The molecule has 0 saturated carbocycles. The van der Waals surface area contributed by atoms with Crippen LogP contribution in [-0.4, -0.2) is 24.1 Å². The number of amides is 2. The first-order valence-corrected chi connectivity index (χ1v) is 7.18. The highest BCUT2D eigenvalue weighted by molar-refractivity contribution is 7.81. The van der Waals surface area contributed by atoms with Crippen molar-refractivity contribution in [3.05, 3.63) is 30.1 Å². The lowest BCUT2D eigenvalue weighted by molar-refractivity contribution is -0.118. The fourth-order valence-electron chi connectivity index (χ4n) is 1.63. The normalized spacial score (nSPS) is 10.1. The van der Waals surface area contributed by atoms with Gasteiger partial charge in [-0.3, -0.25) is 9.59 Å². The lowest BCUT2D eigenvalue weighted by Crippen LogP contribution is -2.25. The van der Waals surface area contributed by atoms with Crippen molar-refractivity contribution in [1.29, 1.82) is 0 Å². The zero-order chi connectivity index (χ0) is 14.8. The van der Waals surface area contributed by atoms with Gasteiger partial charge in [0.1, 0.15) is 5.82 Å². The van der Waals surface area contributed by atoms with Crippen LogP contribution in [0.4, 0.5) is 10.1 Å². The summed E-state index contributed by atoms with van der Waals surface area (Å²) in [5.74, 6) is -0.301. The van der Waals surface area contributed by atoms with Crippen LogP contribution in [0.3, 0.4) is 0 Å². The van der Waals surface area contributed by atoms with Crippen molar-refractivity contribution in [3.8, 4) is 0 Å². The Labute approximate surface area is 123 Å². The SMILES string of the molecule is O=C(CS)NCCCCCC(=O)Nc1ccc(F)cc1. The van der Waals surface area contributed by atoms with Crippen LogP contribution in [0.2, 0.25) is 0 Å². The van der Waals surface area contributed by atoms with Gasteiger partial charge in [-0.25, -0.2) is 4.39 Å². The van der Waals surface area contributed by atoms with Gasteiger partial charge in [-0.2, -0.15) is 12.6 Å². The van der Waals surface area contributed by atoms with E-state index in [1.165, 1.54) is 24.3 Å². The second-order valence-electron chi connectivity index (χ2n) is 4.37. The highest BCUT2D eigenvalue weighted by Crippen LogP contribution is 2.09. The molecule has 0 unspecified atom stereocenters. The zero-order valence-electron chi connectivity index (χ0n) is 11.2. The molecule has 2 N–H and O–H groups in total. The fourth-order valence-corrected chi connectivity index (χ4v) is 1.74. The Bertz CT molecular complexity index is 437. The number of halogens is 1. The van der Waals surface area contributed by atoms with Crippen molar-refractivity contribution in [3.63, 3.8) is 0 Å². The summed E-state index contributed by atoms with van der Waals surface area (Å²) < 4.78 is 12.7. The standard InChI is InChI=1S/C14H19FN2O2S/c15-11-5-7-12(8-6-11)17-13(18)4-2-1-3-9-16-14(19)10-20/h5-8,20H,1-4,9-10H2,(H,16,19)(H,17,18). The molecule has 0 fully saturated rings. The number of hydrogen-bond acceptors (Lipinski definition) is 3. The summed E-state index contributed by atoms with van der Waals surface area (Å²) >= 11 is 3.85. The van der Waals surface area contributed by atoms with E-state index in [2.05, 4.69) is 23.3 Å². The number of unbranched alkanes of at least 4 members (excludes halogenated alkanes) is 2. The number of rotatable bonds is 8. The Morgan fingerprint density at radius 1 is 1.05 bits per heavy atom. The van der Waals surface area contributed by atoms with Gasteiger partial charge < -0.3 is 10.6 Å². The Kier molecular flexibility index (Phi) is 7.72. The Morgan fingerprint density at radius 3 is 2.40 bits per heavy atom. The monoisotopic (exact) mass is 298 g/mol. The van der Waals surface area contributed by atoms with Gasteiger partial charge in [0.15, 0.2) is 0 Å². The largest absolute Gasteiger partial charge is 0.355 e. The lowest BCUT2D eigenvalue weighted by Gasteiger charge is -2.05. The summed E-state index contributed by atoms with van der Waals surface area (Å²) in [7, 11) is 0. The number of hydrogen-bond donors (Lipinski definition) is 3. The quantitative estimate of drug-likeness (QED) is 0.510. The van der Waals surface area contributed by atoms with Crippen molar-refractivity contribution in [1.82, 2.24) is 5.32 Å². The van der Waals surface area contributed by atoms with Gasteiger partial charge in [-0.1, -0.05) is 6.42 Å². The summed E-state index contributed by atoms with van der Waals surface area (Å²) in [5, 5.41) is 5.42. The van der Waals surface area contributed by atoms with Crippen LogP contribution < -0.4 is 10.6 Å². The third-order valence-corrected chi connectivity index (χ3v) is 2.96. The first kappa shape index (κ1) is 16.5. The third kappa shape index (κ3) is 7.13. The molecule has 0 spiro atoms. The molecule has 0 heterocycles. The molecule has 20 heavy (non-hydrogen) atoms. The highest BCUT2D eigenvalue weighted by atomic mass is 32.1. The van der Waals surface area contributed by atoms with E-state index in [9.17, 15) is 14.0 Å². The summed E-state index contributed by atoms with van der Waals surface area (Å²) in [6.45, 7) is 0.610. The maximum absolute atomic E-state index is 12.7. The van der Waals surface area contributed by atoms with Crippen molar-refractivity contribution in [2.45, 2.75) is 25.7 Å². The summed E-state index contributed by atoms with van der Waals surface area (Å²) in [6.07, 6.45) is 2.87. The molecule has 0 radical (unpaired) electrons. The van der Waals surface area contributed by atoms with Crippen LogP contribution in [0.25, 0.3) is 0 Å². The van der Waals surface area contributed by atoms with Crippen molar-refractivity contribution < 1.29 is 14.0 Å². The van der Waals surface area contributed by atoms with E-state index in [-0.39, 0.29) is 23.4 Å². The second kappa shape index (κ2) is 9.36. The minimum Gasteiger partial charge on any atom is -0.355 e. The molecule has 4 nitrogen and oxygen atoms in total. The van der Waals surface area contributed by atoms with Gasteiger partial charge in [-0.15, -0.1) is 0 Å². The van der Waals surface area contributed by atoms with Crippen molar-refractivity contribution in [2.75, 3.05) is 17.6 Å². The van der Waals surface area contributed by atoms with Crippen LogP contribution in [0, 0.1) is 5.82 Å². The first-order chi connectivity index (χ1) is 9.61. The highest BCUT2D eigenvalue weighted by Gasteiger charge is 2.02. The summed E-state index contributed by atoms with van der Waals surface area (Å²) in [4.78, 5) is 22.5. The molecular weight excluding hydrogens is 279 g/mol. The molecule has 1 rings (SSSR count). The Morgan fingerprint density at radius 2 is 1.75 bits per heavy atom. The van der Waals surface area contributed by atoms with E-state index in [0.29, 0.717) is 18.7 Å². The van der Waals surface area contributed by atoms with Gasteiger partial charge in [0.05, 0.1) is 5.75 Å². The van der Waals surface area contributed by atoms with Gasteiger partial charge in [0.25, 0.3) is 0 Å². The smallest absolute Gasteiger partial charge is 0.229 e. The number of benzene rings is 1. The zero-order valence-corrected chi connectivity index (χ0v) is 12.1. The first-order valence-electron chi connectivity index (χ1n) is 6.55. The minimum atomic E-state index is -0.328. The Hall–Kier alpha value is -1.56. The van der Waals surface area contributed by atoms with E-state index in [4.69, 9.17) is 0 Å². The number of anilines is 1. The predicted octanol–water partition coefficient (Wildman–Crippen LogP) is 2.37. The maximum atomic E-state index is 12.7. The van der Waals surface area contributed by atoms with E-state index in [1.807, 2.05) is 0 Å². The van der Waals surface area contributed by atoms with E-state index < -0.39 is 0 Å². The van der Waals surface area contributed by atoms with Crippen LogP contribution in [-0.2, 0) is 9.59 Å². The van der Waals surface area contributed by atoms with Gasteiger partial charge in [0.2, 0.25) is 11.8 Å². The minimum absolute atomic E-state index is 0.0811. The summed E-state index contributed by atoms with van der Waals surface area (Å²) in [6, 6.07) is 5.67. The van der Waals surface area contributed by atoms with Gasteiger partial charge in [-0.05, 0) is 37.1 Å². The average molecular weight is 298 g/mol. The van der Waals surface area contributed by atoms with E-state index >= 15 is 0 Å². The predicted molar refractivity (Wildman–Crippen MR) is 80.4 cm³/mol. The van der Waals surface area contributed by atoms with Gasteiger partial charge >= 0.3 is 0 Å². The molecule has 6 heteroatoms. The van der Waals surface area contributed by atoms with Gasteiger partial charge in [0, 0.05) is 18.7 Å².